The van der Waals surface area contributed by atoms with Gasteiger partial charge in [0.1, 0.15) is 12.4 Å². The van der Waals surface area contributed by atoms with Gasteiger partial charge in [0.2, 0.25) is 5.91 Å². The maximum atomic E-state index is 13.4. The number of nitrogens with zero attached hydrogens (tertiary/aromatic N) is 5. The number of nitrogens with one attached hydrogen (secondary N) is 3. The van der Waals surface area contributed by atoms with Gasteiger partial charge >= 0.3 is 6.03 Å². The summed E-state index contributed by atoms with van der Waals surface area (Å²) >= 11 is 0. The molecule has 0 aromatic carbocycles. The van der Waals surface area contributed by atoms with Crippen LogP contribution in [0.15, 0.2) is 35.0 Å². The van der Waals surface area contributed by atoms with Crippen LogP contribution in [-0.4, -0.2) is 246 Å². The van der Waals surface area contributed by atoms with Crippen molar-refractivity contribution in [1.29, 1.82) is 0 Å². The van der Waals surface area contributed by atoms with Gasteiger partial charge in [-0.15, -0.1) is 0 Å². The summed E-state index contributed by atoms with van der Waals surface area (Å²) < 4.78 is 54.9. The molecule has 1 saturated heterocycles. The number of urea groups is 1. The number of rotatable bonds is 43. The molecule has 26 nitrogen and oxygen atoms in total. The molecule has 1 atom stereocenters. The molecule has 3 aliphatic heterocycles. The number of fused-ring (bicyclic) bond motifs is 1. The van der Waals surface area contributed by atoms with Gasteiger partial charge in [0.25, 0.3) is 23.6 Å². The number of amidine groups is 1. The molecular weight excluding hydrogens is 999 g/mol. The van der Waals surface area contributed by atoms with Gasteiger partial charge < -0.3 is 74.0 Å². The molecule has 0 bridgehead atoms. The third-order valence-electron chi connectivity index (χ3n) is 11.1. The van der Waals surface area contributed by atoms with Crippen molar-refractivity contribution in [3.05, 3.63) is 41.2 Å². The summed E-state index contributed by atoms with van der Waals surface area (Å²) in [6.45, 7) is 14.4. The second kappa shape index (κ2) is 38.9. The molecule has 0 spiro atoms. The summed E-state index contributed by atoms with van der Waals surface area (Å²) in [6.07, 6.45) is 6.99. The van der Waals surface area contributed by atoms with Crippen LogP contribution in [0, 0.1) is 5.92 Å². The standard InChI is InChI=1S/C50H79N9O17/c1-3-10-59(76-4-2)49(64)40-32-42-43(56-44(51)34-40)33-41(36-54-42)48(63)57-11-7-39(37-57)35-55-50(65)53-9-13-67-15-17-69-19-21-71-23-25-73-27-29-75-31-30-74-28-26-72-24-22-70-20-18-68-16-14-66-12-8-52-45(60)38-58-46(61)5-6-47(58)62/h5-6,32-33,36,39H,3-4,7-31,34-35,37-38H2,1-2H3,(H2,51,56)(H,52,60)(H2,53,55,65)/t39-/m1/s1. The molecule has 1 aromatic heterocycles. The lowest BCUT2D eigenvalue weighted by atomic mass is 10.1. The molecular formula is C50H79N9O17. The van der Waals surface area contributed by atoms with Gasteiger partial charge in [0.15, 0.2) is 0 Å². The maximum absolute atomic E-state index is 13.4. The van der Waals surface area contributed by atoms with Crippen LogP contribution in [0.5, 0.6) is 0 Å². The van der Waals surface area contributed by atoms with E-state index in [0.717, 1.165) is 29.9 Å². The Bertz CT molecular complexity index is 1990. The first-order chi connectivity index (χ1) is 37.1. The second-order valence-electron chi connectivity index (χ2n) is 17.0. The number of ether oxygens (including phenoxy) is 10. The van der Waals surface area contributed by atoms with Gasteiger partial charge in [-0.1, -0.05) is 6.92 Å². The SMILES string of the molecule is CCCN(OCC)C(=O)C1=Cc2ncc(C(=O)N3CC[C@H](CNC(=O)NCCOCCOCCOCCOCCOCCOCCOCCOCCOCCOCCNC(=O)CN4C(=O)C=CC4=O)C3)cc2N=C(N)C1. The Kier molecular flexibility index (Phi) is 32.3. The number of hydroxylamine groups is 2. The van der Waals surface area contributed by atoms with E-state index in [1.807, 2.05) is 13.8 Å². The lowest BCUT2D eigenvalue weighted by molar-refractivity contribution is -0.180. The van der Waals surface area contributed by atoms with Crippen molar-refractivity contribution in [2.45, 2.75) is 33.1 Å². The number of carbonyl (C=O) groups excluding carboxylic acids is 6. The Morgan fingerprint density at radius 3 is 1.66 bits per heavy atom. The van der Waals surface area contributed by atoms with Gasteiger partial charge in [-0.2, -0.15) is 0 Å². The van der Waals surface area contributed by atoms with Crippen molar-refractivity contribution in [3.8, 4) is 0 Å². The van der Waals surface area contributed by atoms with E-state index in [1.54, 1.807) is 17.0 Å². The Morgan fingerprint density at radius 1 is 0.684 bits per heavy atom. The first kappa shape index (κ1) is 63.0. The van der Waals surface area contributed by atoms with E-state index >= 15 is 0 Å². The molecule has 3 aliphatic rings. The van der Waals surface area contributed by atoms with Gasteiger partial charge in [0.05, 0.1) is 156 Å². The number of aromatic nitrogens is 1. The van der Waals surface area contributed by atoms with Gasteiger partial charge in [0, 0.05) is 69.6 Å². The monoisotopic (exact) mass is 1080 g/mol. The molecule has 76 heavy (non-hydrogen) atoms. The average molecular weight is 1080 g/mol. The first-order valence-corrected chi connectivity index (χ1v) is 26.0. The minimum Gasteiger partial charge on any atom is -0.387 e. The summed E-state index contributed by atoms with van der Waals surface area (Å²) in [7, 11) is 0. The van der Waals surface area contributed by atoms with Crippen LogP contribution in [0.3, 0.4) is 0 Å². The summed E-state index contributed by atoms with van der Waals surface area (Å²) in [5.74, 6) is -1.60. The largest absolute Gasteiger partial charge is 0.387 e. The zero-order valence-electron chi connectivity index (χ0n) is 44.1. The van der Waals surface area contributed by atoms with Crippen molar-refractivity contribution in [2.75, 3.05) is 185 Å². The van der Waals surface area contributed by atoms with Crippen molar-refractivity contribution in [3.63, 3.8) is 0 Å². The summed E-state index contributed by atoms with van der Waals surface area (Å²) in [5.41, 5.74) is 7.81. The zero-order valence-corrected chi connectivity index (χ0v) is 44.1. The van der Waals surface area contributed by atoms with Crippen molar-refractivity contribution in [1.82, 2.24) is 35.8 Å². The van der Waals surface area contributed by atoms with Crippen LogP contribution in [-0.2, 0) is 71.4 Å². The molecule has 0 radical (unpaired) electrons. The van der Waals surface area contributed by atoms with Crippen LogP contribution in [0.4, 0.5) is 10.5 Å². The van der Waals surface area contributed by atoms with Crippen LogP contribution in [0.1, 0.15) is 49.2 Å². The third kappa shape index (κ3) is 26.0. The summed E-state index contributed by atoms with van der Waals surface area (Å²) in [5, 5.41) is 9.58. The average Bonchev–Trinajstić information content (AvgIpc) is 3.97. The van der Waals surface area contributed by atoms with E-state index in [1.165, 1.54) is 11.3 Å². The van der Waals surface area contributed by atoms with Crippen molar-refractivity contribution in [2.24, 2.45) is 16.6 Å². The van der Waals surface area contributed by atoms with E-state index in [2.05, 4.69) is 25.9 Å². The number of likely N-dealkylation sites (tertiary alicyclic amines) is 1. The highest BCUT2D eigenvalue weighted by Gasteiger charge is 2.29. The smallest absolute Gasteiger partial charge is 0.314 e. The quantitative estimate of drug-likeness (QED) is 0.0381. The molecule has 1 fully saturated rings. The fourth-order valence-corrected chi connectivity index (χ4v) is 7.30. The topological polar surface area (TPSA) is 301 Å². The van der Waals surface area contributed by atoms with Crippen LogP contribution < -0.4 is 21.7 Å². The van der Waals surface area contributed by atoms with Gasteiger partial charge in [-0.3, -0.25) is 38.7 Å². The molecule has 426 valence electrons. The van der Waals surface area contributed by atoms with Crippen LogP contribution >= 0.6 is 0 Å². The predicted molar refractivity (Wildman–Crippen MR) is 274 cm³/mol. The number of hydrogen-bond donors (Lipinski definition) is 4. The van der Waals surface area contributed by atoms with E-state index < -0.39 is 17.7 Å². The number of imide groups is 1. The molecule has 0 saturated carbocycles. The third-order valence-corrected chi connectivity index (χ3v) is 11.1. The fourth-order valence-electron chi connectivity index (χ4n) is 7.30. The van der Waals surface area contributed by atoms with Gasteiger partial charge in [-0.05, 0) is 37.8 Å². The normalized spacial score (nSPS) is 15.2. The Labute approximate surface area is 444 Å². The Balaban J connectivity index is 0.835. The Hall–Kier alpha value is -5.52. The number of aliphatic imine (C=N–C) groups is 1. The molecule has 0 unspecified atom stereocenters. The molecule has 4 rings (SSSR count). The summed E-state index contributed by atoms with van der Waals surface area (Å²) in [6, 6.07) is 1.33. The van der Waals surface area contributed by atoms with Gasteiger partial charge in [-0.25, -0.2) is 14.9 Å². The van der Waals surface area contributed by atoms with Crippen molar-refractivity contribution < 1.29 is 81.0 Å². The van der Waals surface area contributed by atoms with E-state index in [0.29, 0.717) is 187 Å². The van der Waals surface area contributed by atoms with Crippen molar-refractivity contribution >= 4 is 53.2 Å². The molecule has 5 N–H and O–H groups in total. The minimum atomic E-state index is -0.500. The maximum Gasteiger partial charge on any atom is 0.314 e. The van der Waals surface area contributed by atoms with E-state index in [-0.39, 0.29) is 55.7 Å². The van der Waals surface area contributed by atoms with E-state index in [9.17, 15) is 28.8 Å². The highest BCUT2D eigenvalue weighted by molar-refractivity contribution is 6.14. The predicted octanol–water partition coefficient (Wildman–Crippen LogP) is 0.0160. The van der Waals surface area contributed by atoms with E-state index in [4.69, 9.17) is 57.9 Å². The van der Waals surface area contributed by atoms with Crippen LogP contribution in [0.25, 0.3) is 6.08 Å². The molecule has 26 heteroatoms. The number of pyridine rings is 1. The zero-order chi connectivity index (χ0) is 54.4. The molecule has 4 heterocycles. The number of hydrogen-bond acceptors (Lipinski definition) is 20. The first-order valence-electron chi connectivity index (χ1n) is 26.0. The lowest BCUT2D eigenvalue weighted by Gasteiger charge is -2.21. The van der Waals surface area contributed by atoms with Crippen LogP contribution in [0.2, 0.25) is 0 Å². The molecule has 7 amide bonds. The summed E-state index contributed by atoms with van der Waals surface area (Å²) in [4.78, 5) is 90.8. The number of carbonyl (C=O) groups is 6. The minimum absolute atomic E-state index is 0.0891. The number of nitrogens with two attached hydrogens (primary N) is 1. The highest BCUT2D eigenvalue weighted by atomic mass is 16.7. The fraction of sp³-hybridized carbons (Fsp3) is 0.680. The molecule has 0 aliphatic carbocycles. The molecule has 1 aromatic rings. The second-order valence-corrected chi connectivity index (χ2v) is 17.0. The lowest BCUT2D eigenvalue weighted by Crippen LogP contribution is -2.41. The Morgan fingerprint density at radius 2 is 1.17 bits per heavy atom. The number of amides is 7. The highest BCUT2D eigenvalue weighted by Crippen LogP contribution is 2.28.